The predicted octanol–water partition coefficient (Wildman–Crippen LogP) is 1.65. The zero-order chi connectivity index (χ0) is 19.1. The zero-order valence-corrected chi connectivity index (χ0v) is 16.9. The summed E-state index contributed by atoms with van der Waals surface area (Å²) < 4.78 is 34.7. The fraction of sp³-hybridized carbons (Fsp3) is 0.647. The largest absolute Gasteiger partial charge is 0.360 e. The van der Waals surface area contributed by atoms with Gasteiger partial charge in [-0.15, -0.1) is 0 Å². The van der Waals surface area contributed by atoms with E-state index < -0.39 is 10.0 Å². The Kier molecular flexibility index (Phi) is 5.23. The molecule has 0 saturated carbocycles. The summed E-state index contributed by atoms with van der Waals surface area (Å²) in [5.41, 5.74) is 2.49. The van der Waals surface area contributed by atoms with Crippen molar-refractivity contribution in [3.8, 4) is 0 Å². The van der Waals surface area contributed by atoms with Crippen LogP contribution >= 0.6 is 0 Å². The molecule has 1 saturated heterocycles. The Morgan fingerprint density at radius 3 is 2.69 bits per heavy atom. The average Bonchev–Trinajstić information content (AvgIpc) is 3.10. The van der Waals surface area contributed by atoms with E-state index in [4.69, 9.17) is 4.52 Å². The molecule has 8 nitrogen and oxygen atoms in total. The predicted molar refractivity (Wildman–Crippen MR) is 97.3 cm³/mol. The minimum Gasteiger partial charge on any atom is -0.360 e. The van der Waals surface area contributed by atoms with Crippen molar-refractivity contribution in [2.45, 2.75) is 44.0 Å². The van der Waals surface area contributed by atoms with Crippen LogP contribution in [0.1, 0.15) is 41.6 Å². The van der Waals surface area contributed by atoms with Gasteiger partial charge in [-0.3, -0.25) is 4.68 Å². The summed E-state index contributed by atoms with van der Waals surface area (Å²) in [4.78, 5) is 2.29. The molecule has 1 fully saturated rings. The van der Waals surface area contributed by atoms with Crippen molar-refractivity contribution in [2.24, 2.45) is 7.05 Å². The lowest BCUT2D eigenvalue weighted by Gasteiger charge is -2.31. The van der Waals surface area contributed by atoms with Crippen molar-refractivity contribution in [1.29, 1.82) is 0 Å². The molecule has 1 aliphatic rings. The summed E-state index contributed by atoms with van der Waals surface area (Å²) in [7, 11) is 2.36. The maximum Gasteiger partial charge on any atom is 0.248 e. The molecular formula is C17H27N5O3S. The van der Waals surface area contributed by atoms with Gasteiger partial charge >= 0.3 is 0 Å². The van der Waals surface area contributed by atoms with Crippen molar-refractivity contribution < 1.29 is 12.9 Å². The number of hydrogen-bond acceptors (Lipinski definition) is 6. The van der Waals surface area contributed by atoms with Gasteiger partial charge in [0.1, 0.15) is 10.6 Å². The third-order valence-corrected chi connectivity index (χ3v) is 6.95. The molecule has 0 bridgehead atoms. The van der Waals surface area contributed by atoms with Gasteiger partial charge in [0, 0.05) is 32.6 Å². The number of aromatic nitrogens is 3. The molecule has 0 radical (unpaired) electrons. The SMILES string of the molecule is Cc1noc(C)c1S(=O)(=O)N1CCC[C@@H](c2cc(CN(C)C)n(C)n2)C1. The van der Waals surface area contributed by atoms with E-state index >= 15 is 0 Å². The number of rotatable bonds is 5. The summed E-state index contributed by atoms with van der Waals surface area (Å²) in [6, 6.07) is 2.09. The first-order valence-corrected chi connectivity index (χ1v) is 10.2. The molecule has 3 heterocycles. The Morgan fingerprint density at radius 1 is 1.35 bits per heavy atom. The molecule has 0 aromatic carbocycles. The van der Waals surface area contributed by atoms with E-state index in [2.05, 4.69) is 21.2 Å². The molecule has 1 aliphatic heterocycles. The molecule has 9 heteroatoms. The highest BCUT2D eigenvalue weighted by atomic mass is 32.2. The van der Waals surface area contributed by atoms with Crippen LogP contribution in [-0.4, -0.2) is 59.7 Å². The topological polar surface area (TPSA) is 84.5 Å². The standard InChI is InChI=1S/C17H27N5O3S/c1-12-17(13(2)25-19-12)26(23,24)22-8-6-7-14(10-22)16-9-15(11-20(3)4)21(5)18-16/h9,14H,6-8,10-11H2,1-5H3/t14-/m1/s1. The zero-order valence-electron chi connectivity index (χ0n) is 16.1. The van der Waals surface area contributed by atoms with Crippen molar-refractivity contribution in [3.05, 3.63) is 28.9 Å². The molecule has 0 spiro atoms. The van der Waals surface area contributed by atoms with E-state index in [0.29, 0.717) is 24.5 Å². The molecule has 0 N–H and O–H groups in total. The highest BCUT2D eigenvalue weighted by Crippen LogP contribution is 2.32. The average molecular weight is 382 g/mol. The quantitative estimate of drug-likeness (QED) is 0.783. The number of nitrogens with zero attached hydrogens (tertiary/aromatic N) is 5. The fourth-order valence-electron chi connectivity index (χ4n) is 3.58. The molecular weight excluding hydrogens is 354 g/mol. The van der Waals surface area contributed by atoms with E-state index in [0.717, 1.165) is 30.8 Å². The van der Waals surface area contributed by atoms with Gasteiger partial charge in [0.15, 0.2) is 5.76 Å². The number of sulfonamides is 1. The highest BCUT2D eigenvalue weighted by molar-refractivity contribution is 7.89. The Morgan fingerprint density at radius 2 is 2.08 bits per heavy atom. The Hall–Kier alpha value is -1.71. The molecule has 3 rings (SSSR count). The third kappa shape index (κ3) is 3.56. The van der Waals surface area contributed by atoms with Crippen LogP contribution in [0.5, 0.6) is 0 Å². The van der Waals surface area contributed by atoms with Crippen LogP contribution in [-0.2, 0) is 23.6 Å². The second-order valence-corrected chi connectivity index (χ2v) is 9.15. The van der Waals surface area contributed by atoms with E-state index in [1.807, 2.05) is 25.8 Å². The summed E-state index contributed by atoms with van der Waals surface area (Å²) >= 11 is 0. The first-order valence-electron chi connectivity index (χ1n) is 8.80. The van der Waals surface area contributed by atoms with Crippen LogP contribution in [0.25, 0.3) is 0 Å². The molecule has 1 atom stereocenters. The second-order valence-electron chi connectivity index (χ2n) is 7.28. The van der Waals surface area contributed by atoms with Crippen LogP contribution < -0.4 is 0 Å². The van der Waals surface area contributed by atoms with E-state index in [-0.39, 0.29) is 10.8 Å². The normalized spacial score (nSPS) is 19.4. The maximum atomic E-state index is 13.1. The minimum atomic E-state index is -3.61. The van der Waals surface area contributed by atoms with Crippen LogP contribution in [0, 0.1) is 13.8 Å². The molecule has 0 amide bonds. The maximum absolute atomic E-state index is 13.1. The van der Waals surface area contributed by atoms with Gasteiger partial charge in [0.25, 0.3) is 0 Å². The lowest BCUT2D eigenvalue weighted by Crippen LogP contribution is -2.39. The number of aryl methyl sites for hydroxylation is 3. The summed E-state index contributed by atoms with van der Waals surface area (Å²) in [5, 5.41) is 8.44. The van der Waals surface area contributed by atoms with Gasteiger partial charge in [-0.25, -0.2) is 8.42 Å². The van der Waals surface area contributed by atoms with E-state index in [1.165, 1.54) is 0 Å². The van der Waals surface area contributed by atoms with Gasteiger partial charge in [-0.05, 0) is 46.9 Å². The first kappa shape index (κ1) is 19.1. The molecule has 26 heavy (non-hydrogen) atoms. The van der Waals surface area contributed by atoms with Gasteiger partial charge in [-0.1, -0.05) is 5.16 Å². The molecule has 144 valence electrons. The monoisotopic (exact) mass is 381 g/mol. The van der Waals surface area contributed by atoms with Gasteiger partial charge in [0.05, 0.1) is 11.4 Å². The van der Waals surface area contributed by atoms with Crippen molar-refractivity contribution in [2.75, 3.05) is 27.2 Å². The van der Waals surface area contributed by atoms with Gasteiger partial charge in [-0.2, -0.15) is 9.40 Å². The van der Waals surface area contributed by atoms with Crippen LogP contribution in [0.15, 0.2) is 15.5 Å². The molecule has 2 aromatic rings. The minimum absolute atomic E-state index is 0.0982. The molecule has 2 aromatic heterocycles. The fourth-order valence-corrected chi connectivity index (χ4v) is 5.39. The molecule has 0 unspecified atom stereocenters. The molecule has 0 aliphatic carbocycles. The Labute approximate surface area is 154 Å². The Bertz CT molecular complexity index is 865. The van der Waals surface area contributed by atoms with E-state index in [1.54, 1.807) is 18.2 Å². The van der Waals surface area contributed by atoms with Crippen molar-refractivity contribution in [1.82, 2.24) is 24.1 Å². The van der Waals surface area contributed by atoms with E-state index in [9.17, 15) is 8.42 Å². The van der Waals surface area contributed by atoms with Gasteiger partial charge < -0.3 is 9.42 Å². The lowest BCUT2D eigenvalue weighted by atomic mass is 9.96. The summed E-state index contributed by atoms with van der Waals surface area (Å²) in [5.74, 6) is 0.442. The number of hydrogen-bond donors (Lipinski definition) is 0. The number of piperidine rings is 1. The van der Waals surface area contributed by atoms with Crippen LogP contribution in [0.4, 0.5) is 0 Å². The van der Waals surface area contributed by atoms with Crippen molar-refractivity contribution >= 4 is 10.0 Å². The smallest absolute Gasteiger partial charge is 0.248 e. The first-order chi connectivity index (χ1) is 12.2. The van der Waals surface area contributed by atoms with Crippen LogP contribution in [0.3, 0.4) is 0 Å². The van der Waals surface area contributed by atoms with Crippen molar-refractivity contribution in [3.63, 3.8) is 0 Å². The van der Waals surface area contributed by atoms with Crippen LogP contribution in [0.2, 0.25) is 0 Å². The Balaban J connectivity index is 1.84. The highest BCUT2D eigenvalue weighted by Gasteiger charge is 2.35. The third-order valence-electron chi connectivity index (χ3n) is 4.84. The summed E-state index contributed by atoms with van der Waals surface area (Å²) in [6.45, 7) is 5.06. The summed E-state index contributed by atoms with van der Waals surface area (Å²) in [6.07, 6.45) is 1.75. The lowest BCUT2D eigenvalue weighted by molar-refractivity contribution is 0.311. The van der Waals surface area contributed by atoms with Gasteiger partial charge in [0.2, 0.25) is 10.0 Å². The second kappa shape index (κ2) is 7.13.